The van der Waals surface area contributed by atoms with Gasteiger partial charge in [0.15, 0.2) is 4.84 Å². The fraction of sp³-hybridized carbons (Fsp3) is 0.684. The number of nitrogens with zero attached hydrogens (tertiary/aromatic N) is 3. The highest BCUT2D eigenvalue weighted by Crippen LogP contribution is 2.30. The van der Waals surface area contributed by atoms with Gasteiger partial charge in [0.25, 0.3) is 5.91 Å². The smallest absolute Gasteiger partial charge is 0.256 e. The molecule has 0 N–H and O–H groups in total. The van der Waals surface area contributed by atoms with Crippen LogP contribution in [0.3, 0.4) is 0 Å². The summed E-state index contributed by atoms with van der Waals surface area (Å²) in [5.74, 6) is -0.357. The number of aromatic nitrogens is 1. The lowest BCUT2D eigenvalue weighted by molar-refractivity contribution is -0.142. The van der Waals surface area contributed by atoms with Crippen LogP contribution in [-0.2, 0) is 23.2 Å². The Morgan fingerprint density at radius 2 is 1.77 bits per heavy atom. The predicted molar refractivity (Wildman–Crippen MR) is 103 cm³/mol. The average molecular weight is 400 g/mol. The standard InChI is InChI=1S/C19H27Cl2N3O2/c1-22-11-5-8-16(22)12-23(15-9-10-15)17(25)13-24(19(26)18(20)21)14-6-3-2-4-7-14/h5,8,11,14-15,18H,2-4,6-7,9-10,12-13H2,1H3. The Morgan fingerprint density at radius 1 is 1.12 bits per heavy atom. The Hall–Kier alpha value is -1.20. The third kappa shape index (κ3) is 4.74. The van der Waals surface area contributed by atoms with Gasteiger partial charge in [0, 0.05) is 31.0 Å². The summed E-state index contributed by atoms with van der Waals surface area (Å²) in [6.45, 7) is 0.644. The van der Waals surface area contributed by atoms with E-state index < -0.39 is 4.84 Å². The molecule has 1 heterocycles. The van der Waals surface area contributed by atoms with E-state index in [9.17, 15) is 9.59 Å². The summed E-state index contributed by atoms with van der Waals surface area (Å²) in [5.41, 5.74) is 1.09. The van der Waals surface area contributed by atoms with Gasteiger partial charge >= 0.3 is 0 Å². The van der Waals surface area contributed by atoms with Crippen molar-refractivity contribution in [3.63, 3.8) is 0 Å². The summed E-state index contributed by atoms with van der Waals surface area (Å²) >= 11 is 11.7. The molecule has 2 fully saturated rings. The molecular formula is C19H27Cl2N3O2. The van der Waals surface area contributed by atoms with Crippen LogP contribution in [0, 0.1) is 0 Å². The van der Waals surface area contributed by atoms with Gasteiger partial charge in [-0.3, -0.25) is 9.59 Å². The first-order valence-electron chi connectivity index (χ1n) is 9.45. The van der Waals surface area contributed by atoms with Crippen molar-refractivity contribution in [1.29, 1.82) is 0 Å². The summed E-state index contributed by atoms with van der Waals surface area (Å²) < 4.78 is 2.03. The average Bonchev–Trinajstić information content (AvgIpc) is 3.40. The number of hydrogen-bond donors (Lipinski definition) is 0. The van der Waals surface area contributed by atoms with E-state index in [-0.39, 0.29) is 30.4 Å². The zero-order valence-electron chi connectivity index (χ0n) is 15.2. The lowest BCUT2D eigenvalue weighted by atomic mass is 9.94. The van der Waals surface area contributed by atoms with Crippen molar-refractivity contribution >= 4 is 35.0 Å². The van der Waals surface area contributed by atoms with Crippen LogP contribution >= 0.6 is 23.2 Å². The maximum absolute atomic E-state index is 13.1. The molecule has 2 aliphatic carbocycles. The van der Waals surface area contributed by atoms with Crippen molar-refractivity contribution in [2.24, 2.45) is 7.05 Å². The third-order valence-corrected chi connectivity index (χ3v) is 5.86. The molecule has 0 aromatic carbocycles. The van der Waals surface area contributed by atoms with E-state index >= 15 is 0 Å². The van der Waals surface area contributed by atoms with Gasteiger partial charge in [0.05, 0.1) is 6.54 Å². The molecule has 1 aromatic heterocycles. The Kier molecular flexibility index (Phi) is 6.51. The first-order valence-corrected chi connectivity index (χ1v) is 10.3. The Labute approximate surface area is 165 Å². The number of halogens is 2. The van der Waals surface area contributed by atoms with Crippen LogP contribution in [0.2, 0.25) is 0 Å². The van der Waals surface area contributed by atoms with E-state index in [1.165, 1.54) is 6.42 Å². The molecule has 2 amide bonds. The molecule has 0 saturated heterocycles. The van der Waals surface area contributed by atoms with Gasteiger partial charge in [-0.2, -0.15) is 0 Å². The monoisotopic (exact) mass is 399 g/mol. The fourth-order valence-electron chi connectivity index (χ4n) is 3.78. The number of rotatable bonds is 7. The molecule has 0 aliphatic heterocycles. The summed E-state index contributed by atoms with van der Waals surface area (Å²) in [5, 5.41) is 0. The van der Waals surface area contributed by atoms with Gasteiger partial charge in [-0.05, 0) is 37.8 Å². The zero-order chi connectivity index (χ0) is 18.7. The van der Waals surface area contributed by atoms with Crippen molar-refractivity contribution in [3.05, 3.63) is 24.0 Å². The quantitative estimate of drug-likeness (QED) is 0.658. The van der Waals surface area contributed by atoms with Gasteiger partial charge in [-0.15, -0.1) is 0 Å². The largest absolute Gasteiger partial charge is 0.353 e. The highest BCUT2D eigenvalue weighted by atomic mass is 35.5. The van der Waals surface area contributed by atoms with Crippen LogP contribution in [0.5, 0.6) is 0 Å². The number of carbonyl (C=O) groups excluding carboxylic acids is 2. The molecular weight excluding hydrogens is 373 g/mol. The van der Waals surface area contributed by atoms with Crippen molar-refractivity contribution in [3.8, 4) is 0 Å². The van der Waals surface area contributed by atoms with Crippen molar-refractivity contribution in [2.45, 2.75) is 68.4 Å². The molecule has 0 radical (unpaired) electrons. The van der Waals surface area contributed by atoms with Crippen molar-refractivity contribution < 1.29 is 9.59 Å². The first kappa shape index (κ1) is 19.6. The van der Waals surface area contributed by atoms with Gasteiger partial charge in [-0.25, -0.2) is 0 Å². The second-order valence-corrected chi connectivity index (χ2v) is 8.52. The summed E-state index contributed by atoms with van der Waals surface area (Å²) in [7, 11) is 1.98. The molecule has 1 aromatic rings. The van der Waals surface area contributed by atoms with Crippen LogP contribution in [-0.4, -0.2) is 49.6 Å². The van der Waals surface area contributed by atoms with Crippen molar-refractivity contribution in [1.82, 2.24) is 14.4 Å². The predicted octanol–water partition coefficient (Wildman–Crippen LogP) is 3.48. The van der Waals surface area contributed by atoms with E-state index in [0.717, 1.165) is 44.2 Å². The SMILES string of the molecule is Cn1cccc1CN(C(=O)CN(C(=O)C(Cl)Cl)C1CCCCC1)C1CC1. The normalized spacial score (nSPS) is 18.2. The summed E-state index contributed by atoms with van der Waals surface area (Å²) in [6.07, 6.45) is 9.21. The summed E-state index contributed by atoms with van der Waals surface area (Å²) in [6, 6.07) is 4.36. The lowest BCUT2D eigenvalue weighted by Crippen LogP contribution is -2.50. The Balaban J connectivity index is 1.72. The zero-order valence-corrected chi connectivity index (χ0v) is 16.8. The first-order chi connectivity index (χ1) is 12.5. The minimum atomic E-state index is -1.12. The number of aryl methyl sites for hydroxylation is 1. The molecule has 5 nitrogen and oxygen atoms in total. The van der Waals surface area contributed by atoms with E-state index in [4.69, 9.17) is 23.2 Å². The molecule has 2 aliphatic rings. The molecule has 0 unspecified atom stereocenters. The molecule has 0 atom stereocenters. The van der Waals surface area contributed by atoms with Crippen LogP contribution in [0.4, 0.5) is 0 Å². The minimum Gasteiger partial charge on any atom is -0.353 e. The maximum atomic E-state index is 13.1. The second kappa shape index (κ2) is 8.66. The Morgan fingerprint density at radius 3 is 2.31 bits per heavy atom. The molecule has 0 spiro atoms. The molecule has 3 rings (SSSR count). The number of amides is 2. The van der Waals surface area contributed by atoms with Gasteiger partial charge < -0.3 is 14.4 Å². The van der Waals surface area contributed by atoms with Gasteiger partial charge in [0.1, 0.15) is 6.54 Å². The lowest BCUT2D eigenvalue weighted by Gasteiger charge is -2.36. The number of carbonyl (C=O) groups is 2. The Bertz CT molecular complexity index is 636. The molecule has 2 saturated carbocycles. The topological polar surface area (TPSA) is 45.6 Å². The van der Waals surface area contributed by atoms with E-state index in [1.54, 1.807) is 4.90 Å². The van der Waals surface area contributed by atoms with Crippen LogP contribution < -0.4 is 0 Å². The van der Waals surface area contributed by atoms with Crippen LogP contribution in [0.25, 0.3) is 0 Å². The van der Waals surface area contributed by atoms with Crippen LogP contribution in [0.1, 0.15) is 50.6 Å². The maximum Gasteiger partial charge on any atom is 0.256 e. The summed E-state index contributed by atoms with van der Waals surface area (Å²) in [4.78, 5) is 28.0. The minimum absolute atomic E-state index is 0.0124. The van der Waals surface area contributed by atoms with Gasteiger partial charge in [-0.1, -0.05) is 42.5 Å². The third-order valence-electron chi connectivity index (χ3n) is 5.48. The van der Waals surface area contributed by atoms with E-state index in [2.05, 4.69) is 0 Å². The highest BCUT2D eigenvalue weighted by molar-refractivity contribution is 6.53. The fourth-order valence-corrected chi connectivity index (χ4v) is 4.03. The molecule has 0 bridgehead atoms. The molecule has 144 valence electrons. The molecule has 26 heavy (non-hydrogen) atoms. The highest BCUT2D eigenvalue weighted by Gasteiger charge is 2.36. The van der Waals surface area contributed by atoms with Gasteiger partial charge in [0.2, 0.25) is 5.91 Å². The van der Waals surface area contributed by atoms with Crippen LogP contribution in [0.15, 0.2) is 18.3 Å². The number of alkyl halides is 2. The second-order valence-electron chi connectivity index (χ2n) is 7.42. The number of hydrogen-bond acceptors (Lipinski definition) is 2. The van der Waals surface area contributed by atoms with E-state index in [0.29, 0.717) is 6.54 Å². The van der Waals surface area contributed by atoms with Crippen molar-refractivity contribution in [2.75, 3.05) is 6.54 Å². The molecule has 7 heteroatoms. The van der Waals surface area contributed by atoms with E-state index in [1.807, 2.05) is 34.8 Å².